The molecule has 0 unspecified atom stereocenters. The van der Waals surface area contributed by atoms with Gasteiger partial charge < -0.3 is 14.6 Å². The molecule has 5 heterocycles. The van der Waals surface area contributed by atoms with Gasteiger partial charge in [-0.25, -0.2) is 32.3 Å². The molecule has 156 valence electrons. The van der Waals surface area contributed by atoms with Crippen molar-refractivity contribution in [3.05, 3.63) is 30.9 Å². The minimum atomic E-state index is -3.57. The predicted molar refractivity (Wildman–Crippen MR) is 113 cm³/mol. The molecule has 0 aromatic carbocycles. The molecule has 1 N–H and O–H groups in total. The Balaban J connectivity index is 1.81. The van der Waals surface area contributed by atoms with E-state index in [0.29, 0.717) is 42.6 Å². The summed E-state index contributed by atoms with van der Waals surface area (Å²) in [5, 5.41) is 0.863. The number of aromatic nitrogens is 6. The lowest BCUT2D eigenvalue weighted by Crippen LogP contribution is -2.44. The number of nitrogens with one attached hydrogen (secondary N) is 1. The Morgan fingerprint density at radius 2 is 2.13 bits per heavy atom. The fourth-order valence-electron chi connectivity index (χ4n) is 3.73. The predicted octanol–water partition coefficient (Wildman–Crippen LogP) is 1.79. The monoisotopic (exact) mass is 427 g/mol. The maximum Gasteiger partial charge on any atom is 0.241 e. The number of anilines is 1. The molecule has 10 nitrogen and oxygen atoms in total. The summed E-state index contributed by atoms with van der Waals surface area (Å²) in [6, 6.07) is 3.81. The first-order valence-corrected chi connectivity index (χ1v) is 11.4. The van der Waals surface area contributed by atoms with Crippen LogP contribution < -0.4 is 4.90 Å². The first-order valence-electron chi connectivity index (χ1n) is 9.75. The van der Waals surface area contributed by atoms with Crippen LogP contribution in [-0.4, -0.2) is 68.9 Å². The lowest BCUT2D eigenvalue weighted by atomic mass is 10.1. The molecule has 1 fully saturated rings. The number of rotatable bonds is 4. The molecule has 30 heavy (non-hydrogen) atoms. The zero-order valence-corrected chi connectivity index (χ0v) is 17.4. The van der Waals surface area contributed by atoms with E-state index in [1.807, 2.05) is 19.1 Å². The topological polar surface area (TPSA) is 119 Å². The Morgan fingerprint density at radius 3 is 2.93 bits per heavy atom. The van der Waals surface area contributed by atoms with E-state index in [-0.39, 0.29) is 17.4 Å². The van der Waals surface area contributed by atoms with Crippen LogP contribution in [-0.2, 0) is 14.8 Å². The van der Waals surface area contributed by atoms with E-state index in [9.17, 15) is 8.42 Å². The molecule has 1 saturated heterocycles. The number of pyridine rings is 1. The van der Waals surface area contributed by atoms with Gasteiger partial charge in [0.1, 0.15) is 12.0 Å². The minimum absolute atomic E-state index is 0.0571. The molecule has 1 atom stereocenters. The first-order chi connectivity index (χ1) is 14.5. The number of aromatic amines is 1. The molecular weight excluding hydrogens is 406 g/mol. The second-order valence-corrected chi connectivity index (χ2v) is 9.33. The van der Waals surface area contributed by atoms with Gasteiger partial charge in [-0.05, 0) is 26.0 Å². The summed E-state index contributed by atoms with van der Waals surface area (Å²) in [5.41, 5.74) is 2.22. The number of morpholine rings is 1. The highest BCUT2D eigenvalue weighted by Crippen LogP contribution is 2.31. The lowest BCUT2D eigenvalue weighted by molar-refractivity contribution is 0.0987. The molecule has 0 aliphatic carbocycles. The largest absolute Gasteiger partial charge is 0.377 e. The molecule has 0 spiro atoms. The Morgan fingerprint density at radius 1 is 1.27 bits per heavy atom. The summed E-state index contributed by atoms with van der Waals surface area (Å²) in [5.74, 6) is 0.978. The molecule has 0 bridgehead atoms. The van der Waals surface area contributed by atoms with Crippen molar-refractivity contribution in [3.8, 4) is 11.4 Å². The van der Waals surface area contributed by atoms with E-state index in [1.165, 1.54) is 6.33 Å². The first kappa shape index (κ1) is 18.9. The standard InChI is InChI=1S/C19H21N7O3S/c1-3-30(27,28)26-11-22-15-18(25-8-9-29-10-12(25)2)23-17(24-19(15)26)14-5-7-21-16-13(14)4-6-20-16/h4-7,11-12H,3,8-10H2,1-2H3,(H,20,21)/t12-/m1/s1. The number of fused-ring (bicyclic) bond motifs is 2. The van der Waals surface area contributed by atoms with Gasteiger partial charge in [-0.15, -0.1) is 0 Å². The van der Waals surface area contributed by atoms with Gasteiger partial charge in [0.15, 0.2) is 22.8 Å². The van der Waals surface area contributed by atoms with Gasteiger partial charge in [-0.2, -0.15) is 0 Å². The van der Waals surface area contributed by atoms with Crippen molar-refractivity contribution in [2.75, 3.05) is 30.4 Å². The molecule has 1 aliphatic rings. The molecule has 5 rings (SSSR count). The van der Waals surface area contributed by atoms with Crippen LogP contribution in [0.4, 0.5) is 5.82 Å². The van der Waals surface area contributed by atoms with Crippen LogP contribution in [0.25, 0.3) is 33.6 Å². The number of hydrogen-bond donors (Lipinski definition) is 1. The third kappa shape index (κ3) is 2.92. The van der Waals surface area contributed by atoms with Gasteiger partial charge in [0, 0.05) is 29.9 Å². The fraction of sp³-hybridized carbons (Fsp3) is 0.368. The number of ether oxygens (including phenoxy) is 1. The van der Waals surface area contributed by atoms with Crippen LogP contribution in [0, 0.1) is 0 Å². The summed E-state index contributed by atoms with van der Waals surface area (Å²) < 4.78 is 32.0. The van der Waals surface area contributed by atoms with Crippen molar-refractivity contribution in [3.63, 3.8) is 0 Å². The average molecular weight is 427 g/mol. The Hall–Kier alpha value is -3.05. The van der Waals surface area contributed by atoms with Crippen molar-refractivity contribution < 1.29 is 13.2 Å². The second kappa shape index (κ2) is 7.03. The van der Waals surface area contributed by atoms with Crippen LogP contribution in [0.2, 0.25) is 0 Å². The number of hydrogen-bond acceptors (Lipinski definition) is 8. The zero-order valence-electron chi connectivity index (χ0n) is 16.6. The molecule has 4 aromatic rings. The van der Waals surface area contributed by atoms with Crippen molar-refractivity contribution in [2.24, 2.45) is 0 Å². The molecule has 0 amide bonds. The van der Waals surface area contributed by atoms with E-state index in [0.717, 1.165) is 14.9 Å². The highest BCUT2D eigenvalue weighted by Gasteiger charge is 2.27. The average Bonchev–Trinajstić information content (AvgIpc) is 3.40. The fourth-order valence-corrected chi connectivity index (χ4v) is 4.59. The SMILES string of the molecule is CCS(=O)(=O)n1cnc2c(N3CCOC[C@H]3C)nc(-c3ccnc4[nH]ccc34)nc21. The van der Waals surface area contributed by atoms with E-state index >= 15 is 0 Å². The van der Waals surface area contributed by atoms with Gasteiger partial charge >= 0.3 is 0 Å². The molecule has 0 radical (unpaired) electrons. The van der Waals surface area contributed by atoms with E-state index < -0.39 is 10.0 Å². The maximum absolute atomic E-state index is 12.7. The van der Waals surface area contributed by atoms with Crippen LogP contribution in [0.15, 0.2) is 30.9 Å². The quantitative estimate of drug-likeness (QED) is 0.524. The van der Waals surface area contributed by atoms with Crippen molar-refractivity contribution in [1.29, 1.82) is 0 Å². The summed E-state index contributed by atoms with van der Waals surface area (Å²) in [7, 11) is -3.57. The van der Waals surface area contributed by atoms with Crippen molar-refractivity contribution in [2.45, 2.75) is 19.9 Å². The molecule has 4 aromatic heterocycles. The van der Waals surface area contributed by atoms with Crippen LogP contribution in [0.5, 0.6) is 0 Å². The Labute approximate surface area is 173 Å². The summed E-state index contributed by atoms with van der Waals surface area (Å²) in [4.78, 5) is 23.4. The highest BCUT2D eigenvalue weighted by molar-refractivity contribution is 7.90. The lowest BCUT2D eigenvalue weighted by Gasteiger charge is -2.34. The number of H-pyrrole nitrogens is 1. The van der Waals surface area contributed by atoms with Gasteiger partial charge in [-0.3, -0.25) is 0 Å². The third-order valence-electron chi connectivity index (χ3n) is 5.35. The Bertz CT molecular complexity index is 1340. The van der Waals surface area contributed by atoms with E-state index in [2.05, 4.69) is 24.8 Å². The Kier molecular flexibility index (Phi) is 4.44. The highest BCUT2D eigenvalue weighted by atomic mass is 32.2. The van der Waals surface area contributed by atoms with Crippen molar-refractivity contribution in [1.82, 2.24) is 28.9 Å². The smallest absolute Gasteiger partial charge is 0.241 e. The van der Waals surface area contributed by atoms with Gasteiger partial charge in [-0.1, -0.05) is 0 Å². The summed E-state index contributed by atoms with van der Waals surface area (Å²) >= 11 is 0. The molecular formula is C19H21N7O3S. The second-order valence-electron chi connectivity index (χ2n) is 7.20. The van der Waals surface area contributed by atoms with Crippen molar-refractivity contribution >= 4 is 38.0 Å². The summed E-state index contributed by atoms with van der Waals surface area (Å²) in [6.45, 7) is 5.41. The van der Waals surface area contributed by atoms with Gasteiger partial charge in [0.05, 0.1) is 25.0 Å². The molecule has 11 heteroatoms. The van der Waals surface area contributed by atoms with E-state index in [1.54, 1.807) is 19.3 Å². The third-order valence-corrected chi connectivity index (χ3v) is 6.95. The normalized spacial score (nSPS) is 17.8. The minimum Gasteiger partial charge on any atom is -0.377 e. The number of nitrogens with zero attached hydrogens (tertiary/aromatic N) is 6. The van der Waals surface area contributed by atoms with Gasteiger partial charge in [0.25, 0.3) is 0 Å². The van der Waals surface area contributed by atoms with E-state index in [4.69, 9.17) is 9.72 Å². The number of imidazole rings is 1. The maximum atomic E-state index is 12.7. The van der Waals surface area contributed by atoms with Crippen LogP contribution >= 0.6 is 0 Å². The molecule has 1 aliphatic heterocycles. The van der Waals surface area contributed by atoms with Gasteiger partial charge in [0.2, 0.25) is 10.0 Å². The molecule has 0 saturated carbocycles. The van der Waals surface area contributed by atoms with Crippen LogP contribution in [0.3, 0.4) is 0 Å². The summed E-state index contributed by atoms with van der Waals surface area (Å²) in [6.07, 6.45) is 4.80. The zero-order chi connectivity index (χ0) is 20.9. The van der Waals surface area contributed by atoms with Crippen LogP contribution in [0.1, 0.15) is 13.8 Å².